The highest BCUT2D eigenvalue weighted by Gasteiger charge is 2.37. The molecule has 1 aliphatic heterocycles. The number of alkyl halides is 3. The lowest BCUT2D eigenvalue weighted by Gasteiger charge is -2.40. The van der Waals surface area contributed by atoms with E-state index in [-0.39, 0.29) is 18.3 Å². The van der Waals surface area contributed by atoms with Crippen molar-refractivity contribution in [2.24, 2.45) is 5.41 Å². The SMILES string of the molecule is COc1cc2c(cc1OC)[C@H](COc1cccc(C(F)(F)F)c1)N(C(=O)C(C)(C)C)CC2. The van der Waals surface area contributed by atoms with E-state index in [1.807, 2.05) is 32.9 Å². The molecule has 0 N–H and O–H groups in total. The Hall–Kier alpha value is -2.90. The van der Waals surface area contributed by atoms with Crippen molar-refractivity contribution in [1.82, 2.24) is 4.90 Å². The molecule has 0 fully saturated rings. The van der Waals surface area contributed by atoms with Crippen molar-refractivity contribution in [2.45, 2.75) is 39.4 Å². The van der Waals surface area contributed by atoms with Gasteiger partial charge in [-0.1, -0.05) is 26.8 Å². The Morgan fingerprint density at radius 2 is 1.72 bits per heavy atom. The lowest BCUT2D eigenvalue weighted by atomic mass is 9.88. The number of carbonyl (C=O) groups is 1. The second-order valence-corrected chi connectivity index (χ2v) is 8.76. The van der Waals surface area contributed by atoms with Gasteiger partial charge in [0, 0.05) is 12.0 Å². The summed E-state index contributed by atoms with van der Waals surface area (Å²) in [7, 11) is 3.08. The van der Waals surface area contributed by atoms with Gasteiger partial charge in [0.25, 0.3) is 0 Å². The molecular weight excluding hydrogens is 423 g/mol. The fourth-order valence-corrected chi connectivity index (χ4v) is 3.82. The fraction of sp³-hybridized carbons (Fsp3) is 0.458. The highest BCUT2D eigenvalue weighted by molar-refractivity contribution is 5.82. The third-order valence-electron chi connectivity index (χ3n) is 5.47. The van der Waals surface area contributed by atoms with Crippen LogP contribution in [0.5, 0.6) is 17.2 Å². The van der Waals surface area contributed by atoms with Gasteiger partial charge in [-0.2, -0.15) is 13.2 Å². The highest BCUT2D eigenvalue weighted by Crippen LogP contribution is 2.40. The van der Waals surface area contributed by atoms with Crippen molar-refractivity contribution in [2.75, 3.05) is 27.4 Å². The van der Waals surface area contributed by atoms with Gasteiger partial charge < -0.3 is 19.1 Å². The summed E-state index contributed by atoms with van der Waals surface area (Å²) in [5.74, 6) is 1.13. The van der Waals surface area contributed by atoms with Gasteiger partial charge in [0.05, 0.1) is 25.8 Å². The molecule has 0 bridgehead atoms. The summed E-state index contributed by atoms with van der Waals surface area (Å²) < 4.78 is 55.9. The van der Waals surface area contributed by atoms with Crippen molar-refractivity contribution >= 4 is 5.91 Å². The first kappa shape index (κ1) is 23.8. The summed E-state index contributed by atoms with van der Waals surface area (Å²) in [5.41, 5.74) is 0.410. The number of fused-ring (bicyclic) bond motifs is 1. The molecule has 2 aromatic rings. The molecule has 1 amide bonds. The summed E-state index contributed by atoms with van der Waals surface area (Å²) in [6.07, 6.45) is -3.84. The van der Waals surface area contributed by atoms with Gasteiger partial charge in [0.1, 0.15) is 12.4 Å². The molecular formula is C24H28F3NO4. The minimum Gasteiger partial charge on any atom is -0.493 e. The van der Waals surface area contributed by atoms with Gasteiger partial charge in [0.15, 0.2) is 11.5 Å². The number of hydrogen-bond donors (Lipinski definition) is 0. The lowest BCUT2D eigenvalue weighted by Crippen LogP contribution is -2.47. The van der Waals surface area contributed by atoms with Crippen LogP contribution in [0.15, 0.2) is 36.4 Å². The number of ether oxygens (including phenoxy) is 3. The molecule has 5 nitrogen and oxygen atoms in total. The van der Waals surface area contributed by atoms with E-state index in [1.54, 1.807) is 12.0 Å². The van der Waals surface area contributed by atoms with Crippen LogP contribution in [0.3, 0.4) is 0 Å². The third kappa shape index (κ3) is 4.95. The number of carbonyl (C=O) groups excluding carboxylic acids is 1. The molecule has 1 atom stereocenters. The van der Waals surface area contributed by atoms with Gasteiger partial charge in [-0.15, -0.1) is 0 Å². The van der Waals surface area contributed by atoms with Crippen LogP contribution in [-0.2, 0) is 17.4 Å². The van der Waals surface area contributed by atoms with Crippen LogP contribution in [0.2, 0.25) is 0 Å². The maximum atomic E-state index is 13.2. The van der Waals surface area contributed by atoms with E-state index in [0.717, 1.165) is 23.3 Å². The van der Waals surface area contributed by atoms with Gasteiger partial charge in [-0.25, -0.2) is 0 Å². The van der Waals surface area contributed by atoms with Crippen LogP contribution in [-0.4, -0.2) is 38.2 Å². The quantitative estimate of drug-likeness (QED) is 0.621. The maximum absolute atomic E-state index is 13.2. The van der Waals surface area contributed by atoms with Crippen molar-refractivity contribution in [1.29, 1.82) is 0 Å². The summed E-state index contributed by atoms with van der Waals surface area (Å²) in [6, 6.07) is 7.95. The van der Waals surface area contributed by atoms with Gasteiger partial charge in [0.2, 0.25) is 5.91 Å². The average Bonchev–Trinajstić information content (AvgIpc) is 2.74. The van der Waals surface area contributed by atoms with E-state index in [2.05, 4.69) is 0 Å². The zero-order valence-corrected chi connectivity index (χ0v) is 18.9. The number of amides is 1. The predicted molar refractivity (Wildman–Crippen MR) is 114 cm³/mol. The molecule has 0 unspecified atom stereocenters. The van der Waals surface area contributed by atoms with Crippen LogP contribution in [0.4, 0.5) is 13.2 Å². The minimum atomic E-state index is -4.46. The van der Waals surface area contributed by atoms with Crippen molar-refractivity contribution in [3.63, 3.8) is 0 Å². The van der Waals surface area contributed by atoms with E-state index in [4.69, 9.17) is 14.2 Å². The minimum absolute atomic E-state index is 0.00557. The smallest absolute Gasteiger partial charge is 0.416 e. The molecule has 0 aromatic heterocycles. The zero-order chi connectivity index (χ0) is 23.7. The van der Waals surface area contributed by atoms with E-state index in [1.165, 1.54) is 19.2 Å². The first-order chi connectivity index (χ1) is 15.0. The number of hydrogen-bond acceptors (Lipinski definition) is 4. The first-order valence-corrected chi connectivity index (χ1v) is 10.3. The number of benzene rings is 2. The molecule has 0 radical (unpaired) electrons. The van der Waals surface area contributed by atoms with Crippen LogP contribution in [0, 0.1) is 5.41 Å². The second kappa shape index (κ2) is 8.92. The average molecular weight is 451 g/mol. The molecule has 0 spiro atoms. The topological polar surface area (TPSA) is 48.0 Å². The van der Waals surface area contributed by atoms with E-state index < -0.39 is 23.2 Å². The fourth-order valence-electron chi connectivity index (χ4n) is 3.82. The Kier molecular flexibility index (Phi) is 6.62. The zero-order valence-electron chi connectivity index (χ0n) is 18.9. The van der Waals surface area contributed by atoms with Gasteiger partial charge >= 0.3 is 6.18 Å². The van der Waals surface area contributed by atoms with Crippen molar-refractivity contribution in [3.05, 3.63) is 53.1 Å². The highest BCUT2D eigenvalue weighted by atomic mass is 19.4. The van der Waals surface area contributed by atoms with Crippen LogP contribution >= 0.6 is 0 Å². The monoisotopic (exact) mass is 451 g/mol. The number of nitrogens with zero attached hydrogens (tertiary/aromatic N) is 1. The Bertz CT molecular complexity index is 982. The standard InChI is InChI=1S/C24H28F3NO4/c1-23(2,3)22(29)28-10-9-15-11-20(30-4)21(31-5)13-18(15)19(28)14-32-17-8-6-7-16(12-17)24(25,26)27/h6-8,11-13,19H,9-10,14H2,1-5H3/t19-/m0/s1. The lowest BCUT2D eigenvalue weighted by molar-refractivity contribution is -0.143. The summed E-state index contributed by atoms with van der Waals surface area (Å²) in [4.78, 5) is 14.9. The van der Waals surface area contributed by atoms with Crippen molar-refractivity contribution in [3.8, 4) is 17.2 Å². The Morgan fingerprint density at radius 3 is 2.31 bits per heavy atom. The summed E-state index contributed by atoms with van der Waals surface area (Å²) in [6.45, 7) is 5.99. The van der Waals surface area contributed by atoms with Crippen LogP contribution in [0.25, 0.3) is 0 Å². The van der Waals surface area contributed by atoms with E-state index in [9.17, 15) is 18.0 Å². The van der Waals surface area contributed by atoms with E-state index in [0.29, 0.717) is 24.5 Å². The molecule has 174 valence electrons. The number of methoxy groups -OCH3 is 2. The molecule has 8 heteroatoms. The molecule has 1 heterocycles. The van der Waals surface area contributed by atoms with Crippen LogP contribution in [0.1, 0.15) is 43.5 Å². The number of halogens is 3. The largest absolute Gasteiger partial charge is 0.493 e. The summed E-state index contributed by atoms with van der Waals surface area (Å²) in [5, 5.41) is 0. The first-order valence-electron chi connectivity index (χ1n) is 10.3. The maximum Gasteiger partial charge on any atom is 0.416 e. The molecule has 0 aliphatic carbocycles. The molecule has 0 saturated carbocycles. The normalized spacial score (nSPS) is 16.4. The number of rotatable bonds is 5. The van der Waals surface area contributed by atoms with Gasteiger partial charge in [-0.05, 0) is 47.9 Å². The molecule has 32 heavy (non-hydrogen) atoms. The third-order valence-corrected chi connectivity index (χ3v) is 5.47. The summed E-state index contributed by atoms with van der Waals surface area (Å²) >= 11 is 0. The molecule has 1 aliphatic rings. The Balaban J connectivity index is 1.98. The molecule has 0 saturated heterocycles. The van der Waals surface area contributed by atoms with Crippen molar-refractivity contribution < 1.29 is 32.2 Å². The van der Waals surface area contributed by atoms with Crippen LogP contribution < -0.4 is 14.2 Å². The Labute approximate surface area is 186 Å². The van der Waals surface area contributed by atoms with Gasteiger partial charge in [-0.3, -0.25) is 4.79 Å². The predicted octanol–water partition coefficient (Wildman–Crippen LogP) is 5.27. The second-order valence-electron chi connectivity index (χ2n) is 8.76. The molecule has 2 aromatic carbocycles. The van der Waals surface area contributed by atoms with E-state index >= 15 is 0 Å². The Morgan fingerprint density at radius 1 is 1.06 bits per heavy atom. The molecule has 3 rings (SSSR count).